The van der Waals surface area contributed by atoms with E-state index in [1.165, 1.54) is 12.0 Å². The number of hydrogen-bond donors (Lipinski definition) is 2. The van der Waals surface area contributed by atoms with E-state index in [4.69, 9.17) is 9.47 Å². The van der Waals surface area contributed by atoms with E-state index >= 15 is 0 Å². The van der Waals surface area contributed by atoms with Gasteiger partial charge in [-0.05, 0) is 48.4 Å². The number of benzene rings is 2. The van der Waals surface area contributed by atoms with Crippen molar-refractivity contribution in [2.45, 2.75) is 50.1 Å². The summed E-state index contributed by atoms with van der Waals surface area (Å²) in [7, 11) is 1.43. The first-order chi connectivity index (χ1) is 16.9. The van der Waals surface area contributed by atoms with Gasteiger partial charge in [0.2, 0.25) is 5.91 Å². The quantitative estimate of drug-likeness (QED) is 0.596. The number of nitrogens with one attached hydrogen (secondary N) is 1. The number of amides is 2. The number of nitrogens with zero attached hydrogens (tertiary/aromatic N) is 1. The molecule has 2 N–H and O–H groups in total. The van der Waals surface area contributed by atoms with Gasteiger partial charge in [-0.15, -0.1) is 0 Å². The summed E-state index contributed by atoms with van der Waals surface area (Å²) >= 11 is 0. The Labute approximate surface area is 205 Å². The summed E-state index contributed by atoms with van der Waals surface area (Å²) in [5.74, 6) is -1.44. The van der Waals surface area contributed by atoms with E-state index in [1.54, 1.807) is 6.92 Å². The normalized spacial score (nSPS) is 20.0. The summed E-state index contributed by atoms with van der Waals surface area (Å²) in [6.45, 7) is 2.18. The van der Waals surface area contributed by atoms with E-state index in [0.29, 0.717) is 19.4 Å². The number of methoxy groups -OCH3 is 1. The monoisotopic (exact) mass is 480 g/mol. The first-order valence-electron chi connectivity index (χ1n) is 12.0. The molecule has 1 aliphatic carbocycles. The fraction of sp³-hybridized carbons (Fsp3) is 0.444. The average molecular weight is 481 g/mol. The molecule has 1 saturated heterocycles. The molecule has 0 aromatic heterocycles. The molecule has 35 heavy (non-hydrogen) atoms. The number of hydrogen-bond acceptors (Lipinski definition) is 5. The molecule has 0 bridgehead atoms. The standard InChI is InChI=1S/C27H32N2O6/c1-18(15-24(30)29-14-8-7-13-27(29,17-34-2)25(31)32)28-26(33)35-16-23-21-11-5-3-9-19(21)20-10-4-6-12-22(20)23/h3-6,9-12,18,23H,7-8,13-17H2,1-2H3,(H,28,33)(H,31,32)/t18-,27?/m0/s1. The highest BCUT2D eigenvalue weighted by atomic mass is 16.5. The van der Waals surface area contributed by atoms with Gasteiger partial charge in [0.1, 0.15) is 6.61 Å². The van der Waals surface area contributed by atoms with Crippen molar-refractivity contribution >= 4 is 18.0 Å². The van der Waals surface area contributed by atoms with Crippen LogP contribution >= 0.6 is 0 Å². The summed E-state index contributed by atoms with van der Waals surface area (Å²) in [6, 6.07) is 15.7. The Balaban J connectivity index is 1.35. The van der Waals surface area contributed by atoms with Gasteiger partial charge in [0.25, 0.3) is 0 Å². The molecule has 0 radical (unpaired) electrons. The van der Waals surface area contributed by atoms with Crippen molar-refractivity contribution in [3.63, 3.8) is 0 Å². The molecule has 8 heteroatoms. The Bertz CT molecular complexity index is 1050. The molecule has 0 saturated carbocycles. The molecular weight excluding hydrogens is 448 g/mol. The van der Waals surface area contributed by atoms with Crippen LogP contribution < -0.4 is 5.32 Å². The van der Waals surface area contributed by atoms with Crippen LogP contribution in [0.2, 0.25) is 0 Å². The second-order valence-corrected chi connectivity index (χ2v) is 9.35. The molecule has 1 fully saturated rings. The summed E-state index contributed by atoms with van der Waals surface area (Å²) in [5, 5.41) is 12.6. The number of carboxylic acid groups (broad SMARTS) is 1. The predicted octanol–water partition coefficient (Wildman–Crippen LogP) is 3.79. The zero-order valence-electron chi connectivity index (χ0n) is 20.2. The largest absolute Gasteiger partial charge is 0.479 e. The predicted molar refractivity (Wildman–Crippen MR) is 130 cm³/mol. The second-order valence-electron chi connectivity index (χ2n) is 9.35. The maximum atomic E-state index is 13.0. The first-order valence-corrected chi connectivity index (χ1v) is 12.0. The Morgan fingerprint density at radius 2 is 1.71 bits per heavy atom. The topological polar surface area (TPSA) is 105 Å². The highest BCUT2D eigenvalue weighted by molar-refractivity contribution is 5.88. The number of alkyl carbamates (subject to hydrolysis) is 1. The lowest BCUT2D eigenvalue weighted by molar-refractivity contribution is -0.167. The second kappa shape index (κ2) is 10.5. The number of rotatable bonds is 8. The number of fused-ring (bicyclic) bond motifs is 3. The highest BCUT2D eigenvalue weighted by Crippen LogP contribution is 2.44. The summed E-state index contributed by atoms with van der Waals surface area (Å²) in [6.07, 6.45) is 1.16. The van der Waals surface area contributed by atoms with Gasteiger partial charge in [-0.3, -0.25) is 4.79 Å². The van der Waals surface area contributed by atoms with E-state index in [9.17, 15) is 19.5 Å². The molecular formula is C27H32N2O6. The molecule has 186 valence electrons. The molecule has 8 nitrogen and oxygen atoms in total. The van der Waals surface area contributed by atoms with Gasteiger partial charge in [-0.2, -0.15) is 0 Å². The third kappa shape index (κ3) is 4.89. The molecule has 2 aromatic rings. The fourth-order valence-electron chi connectivity index (χ4n) is 5.34. The minimum atomic E-state index is -1.37. The molecule has 1 heterocycles. The zero-order valence-corrected chi connectivity index (χ0v) is 20.2. The van der Waals surface area contributed by atoms with Crippen molar-refractivity contribution in [1.82, 2.24) is 10.2 Å². The third-order valence-electron chi connectivity index (χ3n) is 7.01. The van der Waals surface area contributed by atoms with Crippen molar-refractivity contribution in [3.05, 3.63) is 59.7 Å². The van der Waals surface area contributed by atoms with Crippen LogP contribution in [0.1, 0.15) is 49.7 Å². The van der Waals surface area contributed by atoms with E-state index < -0.39 is 23.6 Å². The van der Waals surface area contributed by atoms with Gasteiger partial charge in [0, 0.05) is 32.0 Å². The molecule has 1 unspecified atom stereocenters. The molecule has 2 amide bonds. The fourth-order valence-corrected chi connectivity index (χ4v) is 5.34. The van der Waals surface area contributed by atoms with Gasteiger partial charge in [0.15, 0.2) is 5.54 Å². The summed E-state index contributed by atoms with van der Waals surface area (Å²) in [5.41, 5.74) is 3.18. The number of carbonyl (C=O) groups excluding carboxylic acids is 2. The van der Waals surface area contributed by atoms with Gasteiger partial charge in [-0.1, -0.05) is 48.5 Å². The van der Waals surface area contributed by atoms with Crippen molar-refractivity contribution in [3.8, 4) is 11.1 Å². The van der Waals surface area contributed by atoms with E-state index in [1.807, 2.05) is 24.3 Å². The maximum absolute atomic E-state index is 13.0. The minimum absolute atomic E-state index is 0.0249. The lowest BCUT2D eigenvalue weighted by Gasteiger charge is -2.44. The average Bonchev–Trinajstić information content (AvgIpc) is 3.16. The van der Waals surface area contributed by atoms with Crippen molar-refractivity contribution < 1.29 is 29.0 Å². The van der Waals surface area contributed by atoms with Crippen molar-refractivity contribution in [1.29, 1.82) is 0 Å². The number of piperidine rings is 1. The van der Waals surface area contributed by atoms with Crippen LogP contribution in [0.4, 0.5) is 4.79 Å². The summed E-state index contributed by atoms with van der Waals surface area (Å²) < 4.78 is 10.7. The highest BCUT2D eigenvalue weighted by Gasteiger charge is 2.48. The first kappa shape index (κ1) is 24.7. The lowest BCUT2D eigenvalue weighted by Crippen LogP contribution is -2.62. The smallest absolute Gasteiger partial charge is 0.407 e. The minimum Gasteiger partial charge on any atom is -0.479 e. The maximum Gasteiger partial charge on any atom is 0.407 e. The van der Waals surface area contributed by atoms with Crippen LogP contribution in [0.3, 0.4) is 0 Å². The van der Waals surface area contributed by atoms with Crippen LogP contribution in [0.15, 0.2) is 48.5 Å². The van der Waals surface area contributed by atoms with Gasteiger partial charge < -0.3 is 24.8 Å². The zero-order chi connectivity index (χ0) is 25.0. The Morgan fingerprint density at radius 1 is 1.09 bits per heavy atom. The third-order valence-corrected chi connectivity index (χ3v) is 7.01. The van der Waals surface area contributed by atoms with Crippen molar-refractivity contribution in [2.24, 2.45) is 0 Å². The number of aliphatic carboxylic acids is 1. The van der Waals surface area contributed by atoms with Gasteiger partial charge >= 0.3 is 12.1 Å². The van der Waals surface area contributed by atoms with Crippen LogP contribution in [0.5, 0.6) is 0 Å². The number of carbonyl (C=O) groups is 3. The number of carboxylic acids is 1. The van der Waals surface area contributed by atoms with Gasteiger partial charge in [-0.25, -0.2) is 9.59 Å². The molecule has 0 spiro atoms. The van der Waals surface area contributed by atoms with Crippen LogP contribution in [-0.2, 0) is 19.1 Å². The molecule has 2 atom stereocenters. The molecule has 1 aliphatic heterocycles. The Hall–Kier alpha value is -3.39. The SMILES string of the molecule is COCC1(C(=O)O)CCCCN1C(=O)C[C@H](C)NC(=O)OCC1c2ccccc2-c2ccccc21. The number of likely N-dealkylation sites (tertiary alicyclic amines) is 1. The van der Waals surface area contributed by atoms with E-state index in [0.717, 1.165) is 28.7 Å². The van der Waals surface area contributed by atoms with Crippen LogP contribution in [0, 0.1) is 0 Å². The lowest BCUT2D eigenvalue weighted by atomic mass is 9.86. The molecule has 2 aliphatic rings. The van der Waals surface area contributed by atoms with Crippen molar-refractivity contribution in [2.75, 3.05) is 26.9 Å². The van der Waals surface area contributed by atoms with Crippen LogP contribution in [0.25, 0.3) is 11.1 Å². The Kier molecular flexibility index (Phi) is 7.40. The van der Waals surface area contributed by atoms with Crippen LogP contribution in [-0.4, -0.2) is 66.4 Å². The van der Waals surface area contributed by atoms with E-state index in [2.05, 4.69) is 29.6 Å². The number of ether oxygens (including phenoxy) is 2. The Morgan fingerprint density at radius 3 is 2.31 bits per heavy atom. The summed E-state index contributed by atoms with van der Waals surface area (Å²) in [4.78, 5) is 39.1. The molecule has 2 aromatic carbocycles. The van der Waals surface area contributed by atoms with Gasteiger partial charge in [0.05, 0.1) is 6.61 Å². The van der Waals surface area contributed by atoms with E-state index in [-0.39, 0.29) is 31.5 Å². The molecule has 4 rings (SSSR count).